The molecule has 1 N–H and O–H groups in total. The Morgan fingerprint density at radius 3 is 2.50 bits per heavy atom. The predicted octanol–water partition coefficient (Wildman–Crippen LogP) is 2.87. The van der Waals surface area contributed by atoms with Gasteiger partial charge < -0.3 is 14.8 Å². The Bertz CT molecular complexity index is 710. The minimum atomic E-state index is -0.677. The van der Waals surface area contributed by atoms with Gasteiger partial charge in [-0.05, 0) is 37.6 Å². The van der Waals surface area contributed by atoms with E-state index in [0.29, 0.717) is 17.9 Å². The number of hydrogen-bond donors (Lipinski definition) is 1. The highest BCUT2D eigenvalue weighted by atomic mass is 16.5. The molecule has 0 aromatic heterocycles. The molecule has 0 spiro atoms. The lowest BCUT2D eigenvalue weighted by atomic mass is 10.1. The number of nitrogens with one attached hydrogen (secondary N) is 1. The van der Waals surface area contributed by atoms with E-state index >= 15 is 0 Å². The lowest BCUT2D eigenvalue weighted by molar-refractivity contribution is -0.127. The normalized spacial score (nSPS) is 11.5. The summed E-state index contributed by atoms with van der Waals surface area (Å²) in [6.45, 7) is 4.12. The van der Waals surface area contributed by atoms with Gasteiger partial charge in [0, 0.05) is 6.54 Å². The van der Waals surface area contributed by atoms with Gasteiger partial charge in [0.05, 0.1) is 12.7 Å². The number of methoxy groups -OCH3 is 1. The fourth-order valence-corrected chi connectivity index (χ4v) is 2.11. The molecule has 2 aromatic rings. The minimum absolute atomic E-state index is 0.223. The average molecular weight is 327 g/mol. The van der Waals surface area contributed by atoms with Crippen molar-refractivity contribution in [3.63, 3.8) is 0 Å². The Kier molecular flexibility index (Phi) is 5.95. The van der Waals surface area contributed by atoms with E-state index in [1.807, 2.05) is 31.2 Å². The van der Waals surface area contributed by atoms with Crippen LogP contribution in [0.5, 0.6) is 5.75 Å². The first-order valence-corrected chi connectivity index (χ1v) is 7.68. The van der Waals surface area contributed by atoms with Gasteiger partial charge in [-0.2, -0.15) is 0 Å². The van der Waals surface area contributed by atoms with Crippen LogP contribution in [-0.2, 0) is 16.1 Å². The number of benzene rings is 2. The summed E-state index contributed by atoms with van der Waals surface area (Å²) < 4.78 is 10.3. The van der Waals surface area contributed by atoms with E-state index in [-0.39, 0.29) is 5.91 Å². The highest BCUT2D eigenvalue weighted by molar-refractivity contribution is 5.89. The van der Waals surface area contributed by atoms with E-state index in [2.05, 4.69) is 10.1 Å². The Morgan fingerprint density at radius 1 is 1.12 bits per heavy atom. The quantitative estimate of drug-likeness (QED) is 0.829. The van der Waals surface area contributed by atoms with Crippen molar-refractivity contribution < 1.29 is 19.1 Å². The minimum Gasteiger partial charge on any atom is -0.481 e. The molecule has 0 aliphatic rings. The SMILES string of the molecule is COC(=O)c1cccc(O[C@H](C)C(=O)NCc2ccc(C)cc2)c1. The zero-order chi connectivity index (χ0) is 17.5. The number of carbonyl (C=O) groups excluding carboxylic acids is 2. The van der Waals surface area contributed by atoms with Crippen molar-refractivity contribution in [2.24, 2.45) is 0 Å². The first kappa shape index (κ1) is 17.5. The molecule has 126 valence electrons. The number of carbonyl (C=O) groups is 2. The van der Waals surface area contributed by atoms with Gasteiger partial charge in [-0.15, -0.1) is 0 Å². The topological polar surface area (TPSA) is 64.6 Å². The van der Waals surface area contributed by atoms with Gasteiger partial charge in [0.25, 0.3) is 5.91 Å². The second-order valence-electron chi connectivity index (χ2n) is 5.48. The van der Waals surface area contributed by atoms with Crippen molar-refractivity contribution in [2.45, 2.75) is 26.5 Å². The summed E-state index contributed by atoms with van der Waals surface area (Å²) in [7, 11) is 1.32. The van der Waals surface area contributed by atoms with Crippen LogP contribution in [0.2, 0.25) is 0 Å². The van der Waals surface area contributed by atoms with Crippen molar-refractivity contribution in [1.82, 2.24) is 5.32 Å². The van der Waals surface area contributed by atoms with Crippen molar-refractivity contribution in [1.29, 1.82) is 0 Å². The third-order valence-corrected chi connectivity index (χ3v) is 3.52. The summed E-state index contributed by atoms with van der Waals surface area (Å²) in [5.74, 6) is -0.230. The van der Waals surface area contributed by atoms with E-state index < -0.39 is 12.1 Å². The summed E-state index contributed by atoms with van der Waals surface area (Å²) >= 11 is 0. The Labute approximate surface area is 141 Å². The second-order valence-corrected chi connectivity index (χ2v) is 5.48. The van der Waals surface area contributed by atoms with Gasteiger partial charge >= 0.3 is 5.97 Å². The van der Waals surface area contributed by atoms with E-state index in [0.717, 1.165) is 5.56 Å². The molecule has 0 saturated heterocycles. The zero-order valence-corrected chi connectivity index (χ0v) is 14.0. The summed E-state index contributed by atoms with van der Waals surface area (Å²) in [6, 6.07) is 14.5. The van der Waals surface area contributed by atoms with Gasteiger partial charge in [0.2, 0.25) is 0 Å². The molecule has 0 aliphatic carbocycles. The van der Waals surface area contributed by atoms with Crippen molar-refractivity contribution >= 4 is 11.9 Å². The maximum absolute atomic E-state index is 12.1. The molecule has 0 bridgehead atoms. The molecular weight excluding hydrogens is 306 g/mol. The number of amides is 1. The summed E-state index contributed by atoms with van der Waals surface area (Å²) in [5.41, 5.74) is 2.57. The molecule has 5 heteroatoms. The van der Waals surface area contributed by atoms with Crippen LogP contribution in [0.15, 0.2) is 48.5 Å². The van der Waals surface area contributed by atoms with Gasteiger partial charge in [-0.3, -0.25) is 4.79 Å². The van der Waals surface area contributed by atoms with Crippen LogP contribution >= 0.6 is 0 Å². The number of rotatable bonds is 6. The molecule has 0 radical (unpaired) electrons. The monoisotopic (exact) mass is 327 g/mol. The van der Waals surface area contributed by atoms with Crippen LogP contribution in [0, 0.1) is 6.92 Å². The van der Waals surface area contributed by atoms with Gasteiger partial charge in [0.15, 0.2) is 6.10 Å². The molecule has 0 aliphatic heterocycles. The standard InChI is InChI=1S/C19H21NO4/c1-13-7-9-15(10-8-13)12-20-18(21)14(2)24-17-6-4-5-16(11-17)19(22)23-3/h4-11,14H,12H2,1-3H3,(H,20,21)/t14-/m1/s1. The third-order valence-electron chi connectivity index (χ3n) is 3.52. The first-order chi connectivity index (χ1) is 11.5. The average Bonchev–Trinajstić information content (AvgIpc) is 2.60. The van der Waals surface area contributed by atoms with Crippen molar-refractivity contribution in [3.8, 4) is 5.75 Å². The highest BCUT2D eigenvalue weighted by Crippen LogP contribution is 2.15. The highest BCUT2D eigenvalue weighted by Gasteiger charge is 2.15. The maximum atomic E-state index is 12.1. The molecule has 0 heterocycles. The lowest BCUT2D eigenvalue weighted by Gasteiger charge is -2.15. The van der Waals surface area contributed by atoms with Crippen molar-refractivity contribution in [2.75, 3.05) is 7.11 Å². The largest absolute Gasteiger partial charge is 0.481 e. The molecule has 2 aromatic carbocycles. The molecule has 2 rings (SSSR count). The lowest BCUT2D eigenvalue weighted by Crippen LogP contribution is -2.35. The summed E-state index contributed by atoms with van der Waals surface area (Å²) in [6.07, 6.45) is -0.677. The number of ether oxygens (including phenoxy) is 2. The van der Waals surface area contributed by atoms with Crippen LogP contribution in [0.3, 0.4) is 0 Å². The fraction of sp³-hybridized carbons (Fsp3) is 0.263. The molecule has 1 atom stereocenters. The Morgan fingerprint density at radius 2 is 1.83 bits per heavy atom. The van der Waals surface area contributed by atoms with E-state index in [1.54, 1.807) is 31.2 Å². The zero-order valence-electron chi connectivity index (χ0n) is 14.0. The smallest absolute Gasteiger partial charge is 0.337 e. The van der Waals surface area contributed by atoms with Crippen LogP contribution in [0.4, 0.5) is 0 Å². The molecule has 24 heavy (non-hydrogen) atoms. The fourth-order valence-electron chi connectivity index (χ4n) is 2.11. The molecule has 1 amide bonds. The maximum Gasteiger partial charge on any atom is 0.337 e. The van der Waals surface area contributed by atoms with Crippen LogP contribution < -0.4 is 10.1 Å². The first-order valence-electron chi connectivity index (χ1n) is 7.68. The molecule has 0 saturated carbocycles. The van der Waals surface area contributed by atoms with Crippen LogP contribution in [0.1, 0.15) is 28.4 Å². The van der Waals surface area contributed by atoms with Crippen LogP contribution in [0.25, 0.3) is 0 Å². The third kappa shape index (κ3) is 4.84. The predicted molar refractivity (Wildman–Crippen MR) is 90.9 cm³/mol. The van der Waals surface area contributed by atoms with Gasteiger partial charge in [-0.1, -0.05) is 35.9 Å². The molecule has 0 fully saturated rings. The second kappa shape index (κ2) is 8.15. The van der Waals surface area contributed by atoms with Gasteiger partial charge in [-0.25, -0.2) is 4.79 Å². The Balaban J connectivity index is 1.91. The van der Waals surface area contributed by atoms with E-state index in [9.17, 15) is 9.59 Å². The molecule has 0 unspecified atom stereocenters. The van der Waals surface area contributed by atoms with Crippen molar-refractivity contribution in [3.05, 3.63) is 65.2 Å². The van der Waals surface area contributed by atoms with Gasteiger partial charge in [0.1, 0.15) is 5.75 Å². The number of hydrogen-bond acceptors (Lipinski definition) is 4. The number of aryl methyl sites for hydroxylation is 1. The molecule has 5 nitrogen and oxygen atoms in total. The van der Waals surface area contributed by atoms with E-state index in [1.165, 1.54) is 12.7 Å². The Hall–Kier alpha value is -2.82. The summed E-state index contributed by atoms with van der Waals surface area (Å²) in [4.78, 5) is 23.6. The van der Waals surface area contributed by atoms with E-state index in [4.69, 9.17) is 4.74 Å². The summed E-state index contributed by atoms with van der Waals surface area (Å²) in [5, 5.41) is 2.83. The number of esters is 1. The molecular formula is C19H21NO4. The van der Waals surface area contributed by atoms with Crippen LogP contribution in [-0.4, -0.2) is 25.1 Å².